The van der Waals surface area contributed by atoms with Crippen LogP contribution in [-0.2, 0) is 4.79 Å². The molecule has 0 bridgehead atoms. The number of carbonyl (C=O) groups is 1. The SMILES string of the molecule is CCCC1CCN(CCC(NC)C(N)=O)C1. The number of hydrogen-bond acceptors (Lipinski definition) is 3. The van der Waals surface area contributed by atoms with Crippen molar-refractivity contribution in [1.82, 2.24) is 10.2 Å². The minimum absolute atomic E-state index is 0.176. The van der Waals surface area contributed by atoms with Crippen LogP contribution in [0.2, 0.25) is 0 Å². The summed E-state index contributed by atoms with van der Waals surface area (Å²) in [6.07, 6.45) is 4.75. The molecule has 0 saturated carbocycles. The lowest BCUT2D eigenvalue weighted by molar-refractivity contribution is -0.120. The van der Waals surface area contributed by atoms with Gasteiger partial charge >= 0.3 is 0 Å². The van der Waals surface area contributed by atoms with Gasteiger partial charge in [0, 0.05) is 13.1 Å². The van der Waals surface area contributed by atoms with Gasteiger partial charge in [-0.3, -0.25) is 4.79 Å². The Hall–Kier alpha value is -0.610. The van der Waals surface area contributed by atoms with Gasteiger partial charge in [-0.2, -0.15) is 0 Å². The van der Waals surface area contributed by atoms with Gasteiger partial charge in [-0.1, -0.05) is 13.3 Å². The van der Waals surface area contributed by atoms with E-state index in [0.717, 1.165) is 18.9 Å². The van der Waals surface area contributed by atoms with Gasteiger partial charge in [0.1, 0.15) is 0 Å². The lowest BCUT2D eigenvalue weighted by atomic mass is 10.0. The summed E-state index contributed by atoms with van der Waals surface area (Å²) in [6.45, 7) is 5.60. The fraction of sp³-hybridized carbons (Fsp3) is 0.917. The maximum atomic E-state index is 11.0. The van der Waals surface area contributed by atoms with Crippen LogP contribution in [0.5, 0.6) is 0 Å². The van der Waals surface area contributed by atoms with E-state index in [1.807, 2.05) is 0 Å². The van der Waals surface area contributed by atoms with Crippen LogP contribution in [0, 0.1) is 5.92 Å². The molecule has 2 unspecified atom stereocenters. The first kappa shape index (κ1) is 13.5. The number of nitrogens with two attached hydrogens (primary N) is 1. The molecular weight excluding hydrogens is 202 g/mol. The second-order valence-corrected chi connectivity index (χ2v) is 4.78. The average Bonchev–Trinajstić information content (AvgIpc) is 2.67. The molecule has 0 spiro atoms. The van der Waals surface area contributed by atoms with E-state index >= 15 is 0 Å². The topological polar surface area (TPSA) is 58.4 Å². The van der Waals surface area contributed by atoms with Crippen molar-refractivity contribution >= 4 is 5.91 Å². The van der Waals surface area contributed by atoms with Gasteiger partial charge < -0.3 is 16.0 Å². The Bertz CT molecular complexity index is 220. The predicted octanol–water partition coefficient (Wildman–Crippen LogP) is 0.572. The standard InChI is InChI=1S/C12H25N3O/c1-3-4-10-5-7-15(9-10)8-6-11(14-2)12(13)16/h10-11,14H,3-9H2,1-2H3,(H2,13,16). The molecule has 0 aromatic heterocycles. The molecule has 1 fully saturated rings. The highest BCUT2D eigenvalue weighted by molar-refractivity contribution is 5.79. The van der Waals surface area contributed by atoms with E-state index in [1.165, 1.54) is 32.4 Å². The molecule has 1 heterocycles. The van der Waals surface area contributed by atoms with E-state index in [1.54, 1.807) is 7.05 Å². The lowest BCUT2D eigenvalue weighted by Gasteiger charge is -2.19. The largest absolute Gasteiger partial charge is 0.368 e. The van der Waals surface area contributed by atoms with Gasteiger partial charge in [-0.15, -0.1) is 0 Å². The van der Waals surface area contributed by atoms with Gasteiger partial charge in [-0.25, -0.2) is 0 Å². The molecule has 4 heteroatoms. The molecule has 1 amide bonds. The first-order valence-corrected chi connectivity index (χ1v) is 6.36. The van der Waals surface area contributed by atoms with Crippen molar-refractivity contribution in [2.24, 2.45) is 11.7 Å². The fourth-order valence-corrected chi connectivity index (χ4v) is 2.50. The lowest BCUT2D eigenvalue weighted by Crippen LogP contribution is -2.41. The van der Waals surface area contributed by atoms with Gasteiger partial charge in [0.05, 0.1) is 6.04 Å². The minimum atomic E-state index is -0.244. The van der Waals surface area contributed by atoms with Crippen molar-refractivity contribution in [1.29, 1.82) is 0 Å². The van der Waals surface area contributed by atoms with Crippen LogP contribution in [-0.4, -0.2) is 43.5 Å². The molecular formula is C12H25N3O. The van der Waals surface area contributed by atoms with Crippen molar-refractivity contribution in [3.8, 4) is 0 Å². The van der Waals surface area contributed by atoms with Crippen molar-refractivity contribution < 1.29 is 4.79 Å². The fourth-order valence-electron chi connectivity index (χ4n) is 2.50. The molecule has 0 aromatic carbocycles. The number of primary amides is 1. The summed E-state index contributed by atoms with van der Waals surface area (Å²) in [5.74, 6) is 0.624. The molecule has 1 rings (SSSR count). The Kier molecular flexibility index (Phi) is 5.77. The van der Waals surface area contributed by atoms with Gasteiger partial charge in [0.2, 0.25) is 5.91 Å². The van der Waals surface area contributed by atoms with Gasteiger partial charge in [-0.05, 0) is 38.8 Å². The highest BCUT2D eigenvalue weighted by Gasteiger charge is 2.22. The molecule has 0 radical (unpaired) electrons. The summed E-state index contributed by atoms with van der Waals surface area (Å²) in [5.41, 5.74) is 5.29. The van der Waals surface area contributed by atoms with E-state index in [4.69, 9.17) is 5.73 Å². The maximum absolute atomic E-state index is 11.0. The molecule has 1 aliphatic rings. The molecule has 1 saturated heterocycles. The average molecular weight is 227 g/mol. The summed E-state index contributed by atoms with van der Waals surface area (Å²) in [5, 5.41) is 2.96. The Morgan fingerprint density at radius 3 is 2.94 bits per heavy atom. The number of nitrogens with zero attached hydrogens (tertiary/aromatic N) is 1. The Balaban J connectivity index is 2.21. The highest BCUT2D eigenvalue weighted by atomic mass is 16.1. The first-order chi connectivity index (χ1) is 7.67. The van der Waals surface area contributed by atoms with Crippen LogP contribution >= 0.6 is 0 Å². The summed E-state index contributed by atoms with van der Waals surface area (Å²) in [4.78, 5) is 13.5. The summed E-state index contributed by atoms with van der Waals surface area (Å²) < 4.78 is 0. The Labute approximate surface area is 98.6 Å². The van der Waals surface area contributed by atoms with E-state index in [-0.39, 0.29) is 11.9 Å². The van der Waals surface area contributed by atoms with Crippen molar-refractivity contribution in [3.05, 3.63) is 0 Å². The van der Waals surface area contributed by atoms with Gasteiger partial charge in [0.25, 0.3) is 0 Å². The molecule has 0 aliphatic carbocycles. The molecule has 1 aliphatic heterocycles. The smallest absolute Gasteiger partial charge is 0.234 e. The number of hydrogen-bond donors (Lipinski definition) is 2. The van der Waals surface area contributed by atoms with Crippen LogP contribution in [0.1, 0.15) is 32.6 Å². The van der Waals surface area contributed by atoms with Crippen molar-refractivity contribution in [2.75, 3.05) is 26.7 Å². The van der Waals surface area contributed by atoms with Crippen LogP contribution in [0.4, 0.5) is 0 Å². The molecule has 3 N–H and O–H groups in total. The number of likely N-dealkylation sites (N-methyl/N-ethyl adjacent to an activating group) is 1. The summed E-state index contributed by atoms with van der Waals surface area (Å²) in [6, 6.07) is -0.176. The molecule has 4 nitrogen and oxygen atoms in total. The van der Waals surface area contributed by atoms with Crippen LogP contribution in [0.15, 0.2) is 0 Å². The van der Waals surface area contributed by atoms with Crippen LogP contribution in [0.3, 0.4) is 0 Å². The quantitative estimate of drug-likeness (QED) is 0.668. The third kappa shape index (κ3) is 4.10. The number of rotatable bonds is 7. The third-order valence-electron chi connectivity index (χ3n) is 3.49. The van der Waals surface area contributed by atoms with Crippen LogP contribution < -0.4 is 11.1 Å². The molecule has 94 valence electrons. The third-order valence-corrected chi connectivity index (χ3v) is 3.49. The number of likely N-dealkylation sites (tertiary alicyclic amines) is 1. The number of carbonyl (C=O) groups excluding carboxylic acids is 1. The zero-order valence-electron chi connectivity index (χ0n) is 10.5. The molecule has 16 heavy (non-hydrogen) atoms. The van der Waals surface area contributed by atoms with E-state index in [9.17, 15) is 4.79 Å². The van der Waals surface area contributed by atoms with Crippen molar-refractivity contribution in [3.63, 3.8) is 0 Å². The molecule has 0 aromatic rings. The van der Waals surface area contributed by atoms with Crippen LogP contribution in [0.25, 0.3) is 0 Å². The van der Waals surface area contributed by atoms with Crippen molar-refractivity contribution in [2.45, 2.75) is 38.6 Å². The minimum Gasteiger partial charge on any atom is -0.368 e. The zero-order valence-corrected chi connectivity index (χ0v) is 10.5. The summed E-state index contributed by atoms with van der Waals surface area (Å²) in [7, 11) is 1.79. The second kappa shape index (κ2) is 6.86. The summed E-state index contributed by atoms with van der Waals surface area (Å²) >= 11 is 0. The Morgan fingerprint density at radius 1 is 1.62 bits per heavy atom. The normalized spacial score (nSPS) is 23.5. The maximum Gasteiger partial charge on any atom is 0.234 e. The Morgan fingerprint density at radius 2 is 2.38 bits per heavy atom. The van der Waals surface area contributed by atoms with Gasteiger partial charge in [0.15, 0.2) is 0 Å². The monoisotopic (exact) mass is 227 g/mol. The van der Waals surface area contributed by atoms with E-state index in [0.29, 0.717) is 0 Å². The predicted molar refractivity (Wildman–Crippen MR) is 66.1 cm³/mol. The van der Waals surface area contributed by atoms with E-state index in [2.05, 4.69) is 17.1 Å². The highest BCUT2D eigenvalue weighted by Crippen LogP contribution is 2.20. The zero-order chi connectivity index (χ0) is 12.0. The van der Waals surface area contributed by atoms with E-state index < -0.39 is 0 Å². The number of nitrogens with one attached hydrogen (secondary N) is 1. The number of amides is 1. The first-order valence-electron chi connectivity index (χ1n) is 6.36. The second-order valence-electron chi connectivity index (χ2n) is 4.78. The molecule has 2 atom stereocenters.